The maximum Gasteiger partial charge on any atom is 0.216 e. The molecule has 5 nitrogen and oxygen atoms in total. The van der Waals surface area contributed by atoms with Crippen molar-refractivity contribution in [3.63, 3.8) is 0 Å². The van der Waals surface area contributed by atoms with Crippen LogP contribution in [0.4, 0.5) is 0 Å². The van der Waals surface area contributed by atoms with E-state index in [0.717, 1.165) is 22.8 Å². The molecule has 0 aliphatic carbocycles. The molecule has 0 amide bonds. The van der Waals surface area contributed by atoms with Crippen LogP contribution in [0.15, 0.2) is 30.6 Å². The number of methoxy groups -OCH3 is 3. The summed E-state index contributed by atoms with van der Waals surface area (Å²) in [7, 11) is 4.79. The summed E-state index contributed by atoms with van der Waals surface area (Å²) in [5.41, 5.74) is 1.66. The van der Waals surface area contributed by atoms with Crippen LogP contribution in [0.2, 0.25) is 0 Å². The standard InChI is InChI=1S/C15H17ClN2O3/c1-19-11-4-5-14(20-2)12(8-11)13(16)6-10-7-15(21-3)18-9-17-10/h4-5,7-9,13H,6H2,1-3H3. The third kappa shape index (κ3) is 3.76. The van der Waals surface area contributed by atoms with Gasteiger partial charge < -0.3 is 14.2 Å². The Morgan fingerprint density at radius 1 is 1.05 bits per heavy atom. The molecule has 0 spiro atoms. The van der Waals surface area contributed by atoms with Crippen molar-refractivity contribution in [3.05, 3.63) is 41.9 Å². The fourth-order valence-corrected chi connectivity index (χ4v) is 2.31. The first-order valence-corrected chi connectivity index (χ1v) is 6.82. The number of nitrogens with zero attached hydrogens (tertiary/aromatic N) is 2. The molecule has 0 bridgehead atoms. The Morgan fingerprint density at radius 2 is 1.86 bits per heavy atom. The molecule has 0 N–H and O–H groups in total. The third-order valence-corrected chi connectivity index (χ3v) is 3.46. The highest BCUT2D eigenvalue weighted by molar-refractivity contribution is 6.21. The smallest absolute Gasteiger partial charge is 0.216 e. The summed E-state index contributed by atoms with van der Waals surface area (Å²) in [5.74, 6) is 1.97. The molecule has 6 heteroatoms. The molecule has 2 aromatic rings. The average Bonchev–Trinajstić information content (AvgIpc) is 2.54. The van der Waals surface area contributed by atoms with Gasteiger partial charge in [-0.15, -0.1) is 11.6 Å². The number of ether oxygens (including phenoxy) is 3. The van der Waals surface area contributed by atoms with Gasteiger partial charge in [-0.1, -0.05) is 0 Å². The maximum absolute atomic E-state index is 6.51. The summed E-state index contributed by atoms with van der Waals surface area (Å²) >= 11 is 6.51. The van der Waals surface area contributed by atoms with E-state index >= 15 is 0 Å². The van der Waals surface area contributed by atoms with Crippen molar-refractivity contribution in [2.75, 3.05) is 21.3 Å². The molecule has 21 heavy (non-hydrogen) atoms. The lowest BCUT2D eigenvalue weighted by molar-refractivity contribution is 0.395. The largest absolute Gasteiger partial charge is 0.497 e. The number of benzene rings is 1. The highest BCUT2D eigenvalue weighted by Gasteiger charge is 2.16. The molecule has 0 aliphatic heterocycles. The predicted octanol–water partition coefficient (Wildman–Crippen LogP) is 3.03. The van der Waals surface area contributed by atoms with Crippen LogP contribution in [-0.2, 0) is 6.42 Å². The molecule has 2 rings (SSSR count). The van der Waals surface area contributed by atoms with E-state index in [1.807, 2.05) is 18.2 Å². The summed E-state index contributed by atoms with van der Waals surface area (Å²) in [6.07, 6.45) is 1.99. The molecule has 1 aromatic heterocycles. The fraction of sp³-hybridized carbons (Fsp3) is 0.333. The monoisotopic (exact) mass is 308 g/mol. The number of aromatic nitrogens is 2. The molecule has 0 saturated carbocycles. The van der Waals surface area contributed by atoms with Crippen LogP contribution in [0.5, 0.6) is 17.4 Å². The van der Waals surface area contributed by atoms with Crippen molar-refractivity contribution in [2.24, 2.45) is 0 Å². The van der Waals surface area contributed by atoms with Crippen LogP contribution in [0.1, 0.15) is 16.6 Å². The van der Waals surface area contributed by atoms with E-state index in [4.69, 9.17) is 25.8 Å². The fourth-order valence-electron chi connectivity index (χ4n) is 1.98. The Morgan fingerprint density at radius 3 is 2.52 bits per heavy atom. The lowest BCUT2D eigenvalue weighted by Gasteiger charge is -2.15. The zero-order valence-electron chi connectivity index (χ0n) is 12.2. The highest BCUT2D eigenvalue weighted by atomic mass is 35.5. The van der Waals surface area contributed by atoms with Crippen molar-refractivity contribution in [3.8, 4) is 17.4 Å². The first kappa shape index (κ1) is 15.4. The van der Waals surface area contributed by atoms with Crippen LogP contribution in [0.25, 0.3) is 0 Å². The molecule has 0 saturated heterocycles. The summed E-state index contributed by atoms with van der Waals surface area (Å²) in [6, 6.07) is 7.31. The second-order valence-electron chi connectivity index (χ2n) is 4.33. The van der Waals surface area contributed by atoms with Gasteiger partial charge in [0.05, 0.1) is 26.7 Å². The van der Waals surface area contributed by atoms with Gasteiger partial charge in [0.1, 0.15) is 17.8 Å². The minimum absolute atomic E-state index is 0.297. The van der Waals surface area contributed by atoms with E-state index < -0.39 is 0 Å². The van der Waals surface area contributed by atoms with Crippen molar-refractivity contribution in [1.29, 1.82) is 0 Å². The van der Waals surface area contributed by atoms with Gasteiger partial charge in [-0.05, 0) is 18.2 Å². The topological polar surface area (TPSA) is 53.5 Å². The Kier molecular flexibility index (Phi) is 5.22. The molecule has 1 aromatic carbocycles. The van der Waals surface area contributed by atoms with Crippen LogP contribution in [0.3, 0.4) is 0 Å². The lowest BCUT2D eigenvalue weighted by Crippen LogP contribution is -2.02. The van der Waals surface area contributed by atoms with Crippen LogP contribution in [0, 0.1) is 0 Å². The molecule has 1 heterocycles. The van der Waals surface area contributed by atoms with E-state index in [2.05, 4.69) is 9.97 Å². The summed E-state index contributed by atoms with van der Waals surface area (Å²) < 4.78 is 15.7. The van der Waals surface area contributed by atoms with Gasteiger partial charge in [0.15, 0.2) is 0 Å². The summed E-state index contributed by atoms with van der Waals surface area (Å²) in [6.45, 7) is 0. The molecule has 0 fully saturated rings. The SMILES string of the molecule is COc1ccc(OC)c(C(Cl)Cc2cc(OC)ncn2)c1. The van der Waals surface area contributed by atoms with Gasteiger partial charge >= 0.3 is 0 Å². The molecule has 1 atom stereocenters. The quantitative estimate of drug-likeness (QED) is 0.768. The Bertz CT molecular complexity index is 607. The van der Waals surface area contributed by atoms with Crippen molar-refractivity contribution in [1.82, 2.24) is 9.97 Å². The summed E-state index contributed by atoms with van der Waals surface area (Å²) in [4.78, 5) is 8.18. The number of rotatable bonds is 6. The Labute approximate surface area is 128 Å². The van der Waals surface area contributed by atoms with Gasteiger partial charge in [0.2, 0.25) is 5.88 Å². The number of hydrogen-bond acceptors (Lipinski definition) is 5. The third-order valence-electron chi connectivity index (χ3n) is 3.07. The molecular formula is C15H17ClN2O3. The second-order valence-corrected chi connectivity index (χ2v) is 4.86. The number of halogens is 1. The van der Waals surface area contributed by atoms with Crippen molar-refractivity contribution < 1.29 is 14.2 Å². The van der Waals surface area contributed by atoms with Crippen LogP contribution >= 0.6 is 11.6 Å². The zero-order valence-corrected chi connectivity index (χ0v) is 12.9. The van der Waals surface area contributed by atoms with Crippen molar-refractivity contribution in [2.45, 2.75) is 11.8 Å². The van der Waals surface area contributed by atoms with Gasteiger partial charge in [-0.3, -0.25) is 0 Å². The van der Waals surface area contributed by atoms with E-state index in [1.54, 1.807) is 27.4 Å². The molecular weight excluding hydrogens is 292 g/mol. The van der Waals surface area contributed by atoms with Crippen molar-refractivity contribution >= 4 is 11.6 Å². The highest BCUT2D eigenvalue weighted by Crippen LogP contribution is 2.34. The predicted molar refractivity (Wildman–Crippen MR) is 80.4 cm³/mol. The van der Waals surface area contributed by atoms with E-state index in [0.29, 0.717) is 12.3 Å². The lowest BCUT2D eigenvalue weighted by atomic mass is 10.1. The van der Waals surface area contributed by atoms with Crippen LogP contribution < -0.4 is 14.2 Å². The minimum atomic E-state index is -0.297. The van der Waals surface area contributed by atoms with Gasteiger partial charge in [-0.25, -0.2) is 9.97 Å². The average molecular weight is 309 g/mol. The number of hydrogen-bond donors (Lipinski definition) is 0. The first-order valence-electron chi connectivity index (χ1n) is 6.38. The number of alkyl halides is 1. The molecule has 112 valence electrons. The van der Waals surface area contributed by atoms with E-state index in [1.165, 1.54) is 6.33 Å². The Hall–Kier alpha value is -2.01. The molecule has 0 aliphatic rings. The minimum Gasteiger partial charge on any atom is -0.497 e. The normalized spacial score (nSPS) is 11.8. The first-order chi connectivity index (χ1) is 10.2. The Balaban J connectivity index is 2.24. The van der Waals surface area contributed by atoms with Gasteiger partial charge in [-0.2, -0.15) is 0 Å². The van der Waals surface area contributed by atoms with Gasteiger partial charge in [0.25, 0.3) is 0 Å². The second kappa shape index (κ2) is 7.13. The van der Waals surface area contributed by atoms with Crippen LogP contribution in [-0.4, -0.2) is 31.3 Å². The zero-order chi connectivity index (χ0) is 15.2. The van der Waals surface area contributed by atoms with E-state index in [9.17, 15) is 0 Å². The van der Waals surface area contributed by atoms with Gasteiger partial charge in [0, 0.05) is 23.7 Å². The molecule has 0 radical (unpaired) electrons. The van der Waals surface area contributed by atoms with E-state index in [-0.39, 0.29) is 5.38 Å². The summed E-state index contributed by atoms with van der Waals surface area (Å²) in [5, 5.41) is -0.297. The molecule has 1 unspecified atom stereocenters. The maximum atomic E-state index is 6.51.